The van der Waals surface area contributed by atoms with E-state index >= 15 is 0 Å². The molecule has 88 valence electrons. The van der Waals surface area contributed by atoms with Crippen molar-refractivity contribution in [2.45, 2.75) is 70.8 Å². The SMILES string of the molecule is CC1CCC(NCC2CCCCCC2)C1. The number of nitrogens with one attached hydrogen (secondary N) is 1. The van der Waals surface area contributed by atoms with E-state index in [-0.39, 0.29) is 0 Å². The third kappa shape index (κ3) is 3.79. The second-order valence-electron chi connectivity index (χ2n) is 5.88. The summed E-state index contributed by atoms with van der Waals surface area (Å²) in [6, 6.07) is 0.850. The van der Waals surface area contributed by atoms with Crippen LogP contribution in [0.2, 0.25) is 0 Å². The van der Waals surface area contributed by atoms with Crippen molar-refractivity contribution in [1.29, 1.82) is 0 Å². The molecule has 1 nitrogen and oxygen atoms in total. The van der Waals surface area contributed by atoms with E-state index in [4.69, 9.17) is 0 Å². The summed E-state index contributed by atoms with van der Waals surface area (Å²) in [4.78, 5) is 0. The van der Waals surface area contributed by atoms with Crippen LogP contribution in [0.1, 0.15) is 64.7 Å². The fourth-order valence-electron chi connectivity index (χ4n) is 3.29. The molecule has 2 aliphatic carbocycles. The maximum absolute atomic E-state index is 3.81. The topological polar surface area (TPSA) is 12.0 Å². The lowest BCUT2D eigenvalue weighted by atomic mass is 10.00. The summed E-state index contributed by atoms with van der Waals surface area (Å²) in [5, 5.41) is 3.81. The van der Waals surface area contributed by atoms with Crippen LogP contribution in [-0.4, -0.2) is 12.6 Å². The summed E-state index contributed by atoms with van der Waals surface area (Å²) in [5.74, 6) is 1.96. The Hall–Kier alpha value is -0.0400. The molecule has 0 bridgehead atoms. The molecule has 0 aromatic heterocycles. The Kier molecular flexibility index (Phi) is 4.49. The Balaban J connectivity index is 1.63. The third-order valence-electron chi connectivity index (χ3n) is 4.36. The van der Waals surface area contributed by atoms with Crippen molar-refractivity contribution in [1.82, 2.24) is 5.32 Å². The first-order valence-electron chi connectivity index (χ1n) is 7.08. The van der Waals surface area contributed by atoms with Gasteiger partial charge < -0.3 is 5.32 Å². The Labute approximate surface area is 95.0 Å². The molecular formula is C14H27N. The van der Waals surface area contributed by atoms with Crippen LogP contribution in [0.5, 0.6) is 0 Å². The summed E-state index contributed by atoms with van der Waals surface area (Å²) < 4.78 is 0. The average Bonchev–Trinajstić information content (AvgIpc) is 2.52. The molecule has 0 saturated heterocycles. The molecule has 0 aromatic carbocycles. The second-order valence-corrected chi connectivity index (χ2v) is 5.88. The fraction of sp³-hybridized carbons (Fsp3) is 1.00. The normalized spacial score (nSPS) is 34.2. The Morgan fingerprint density at radius 1 is 0.933 bits per heavy atom. The van der Waals surface area contributed by atoms with Gasteiger partial charge in [0.15, 0.2) is 0 Å². The fourth-order valence-corrected chi connectivity index (χ4v) is 3.29. The summed E-state index contributed by atoms with van der Waals surface area (Å²) >= 11 is 0. The van der Waals surface area contributed by atoms with Gasteiger partial charge in [-0.15, -0.1) is 0 Å². The van der Waals surface area contributed by atoms with Crippen molar-refractivity contribution in [2.75, 3.05) is 6.54 Å². The molecule has 2 atom stereocenters. The molecule has 0 aromatic rings. The predicted octanol–water partition coefficient (Wildman–Crippen LogP) is 3.74. The molecule has 0 aliphatic heterocycles. The van der Waals surface area contributed by atoms with Crippen LogP contribution in [0, 0.1) is 11.8 Å². The van der Waals surface area contributed by atoms with E-state index < -0.39 is 0 Å². The van der Waals surface area contributed by atoms with Gasteiger partial charge in [0.1, 0.15) is 0 Å². The minimum Gasteiger partial charge on any atom is -0.314 e. The summed E-state index contributed by atoms with van der Waals surface area (Å²) in [6.07, 6.45) is 13.2. The lowest BCUT2D eigenvalue weighted by molar-refractivity contribution is 0.388. The Bertz CT molecular complexity index is 170. The minimum absolute atomic E-state index is 0.850. The molecule has 15 heavy (non-hydrogen) atoms. The first-order chi connectivity index (χ1) is 7.34. The van der Waals surface area contributed by atoms with Crippen LogP contribution in [0.15, 0.2) is 0 Å². The maximum Gasteiger partial charge on any atom is 0.00698 e. The maximum atomic E-state index is 3.81. The van der Waals surface area contributed by atoms with Crippen molar-refractivity contribution in [2.24, 2.45) is 11.8 Å². The van der Waals surface area contributed by atoms with Gasteiger partial charge in [-0.2, -0.15) is 0 Å². The van der Waals surface area contributed by atoms with Crippen molar-refractivity contribution < 1.29 is 0 Å². The third-order valence-corrected chi connectivity index (χ3v) is 4.36. The highest BCUT2D eigenvalue weighted by molar-refractivity contribution is 4.79. The van der Waals surface area contributed by atoms with Gasteiger partial charge in [0.05, 0.1) is 0 Å². The predicted molar refractivity (Wildman–Crippen MR) is 66.0 cm³/mol. The molecule has 2 saturated carbocycles. The smallest absolute Gasteiger partial charge is 0.00698 e. The minimum atomic E-state index is 0.850. The number of rotatable bonds is 3. The second kappa shape index (κ2) is 5.89. The average molecular weight is 209 g/mol. The first-order valence-corrected chi connectivity index (χ1v) is 7.08. The lowest BCUT2D eigenvalue weighted by Gasteiger charge is -2.18. The molecule has 2 fully saturated rings. The Morgan fingerprint density at radius 3 is 2.27 bits per heavy atom. The largest absolute Gasteiger partial charge is 0.314 e. The summed E-state index contributed by atoms with van der Waals surface area (Å²) in [7, 11) is 0. The zero-order chi connectivity index (χ0) is 10.5. The van der Waals surface area contributed by atoms with Crippen molar-refractivity contribution >= 4 is 0 Å². The monoisotopic (exact) mass is 209 g/mol. The van der Waals surface area contributed by atoms with E-state index in [0.717, 1.165) is 17.9 Å². The van der Waals surface area contributed by atoms with Crippen LogP contribution in [0.3, 0.4) is 0 Å². The molecule has 0 radical (unpaired) electrons. The van der Waals surface area contributed by atoms with Crippen LogP contribution >= 0.6 is 0 Å². The molecule has 0 spiro atoms. The van der Waals surface area contributed by atoms with E-state index in [1.165, 1.54) is 64.3 Å². The van der Waals surface area contributed by atoms with Gasteiger partial charge in [0, 0.05) is 6.04 Å². The molecule has 2 aliphatic rings. The molecular weight excluding hydrogens is 182 g/mol. The van der Waals surface area contributed by atoms with Crippen LogP contribution in [-0.2, 0) is 0 Å². The summed E-state index contributed by atoms with van der Waals surface area (Å²) in [5.41, 5.74) is 0. The molecule has 2 unspecified atom stereocenters. The molecule has 0 heterocycles. The van der Waals surface area contributed by atoms with Gasteiger partial charge in [0.2, 0.25) is 0 Å². The van der Waals surface area contributed by atoms with E-state index in [2.05, 4.69) is 12.2 Å². The lowest BCUT2D eigenvalue weighted by Crippen LogP contribution is -2.31. The van der Waals surface area contributed by atoms with Crippen LogP contribution in [0.25, 0.3) is 0 Å². The van der Waals surface area contributed by atoms with Gasteiger partial charge in [-0.25, -0.2) is 0 Å². The molecule has 1 N–H and O–H groups in total. The summed E-state index contributed by atoms with van der Waals surface area (Å²) in [6.45, 7) is 3.70. The van der Waals surface area contributed by atoms with Gasteiger partial charge >= 0.3 is 0 Å². The molecule has 2 rings (SSSR count). The van der Waals surface area contributed by atoms with Crippen LogP contribution in [0.4, 0.5) is 0 Å². The van der Waals surface area contributed by atoms with Gasteiger partial charge in [-0.1, -0.05) is 32.6 Å². The van der Waals surface area contributed by atoms with Gasteiger partial charge in [-0.05, 0) is 50.5 Å². The van der Waals surface area contributed by atoms with Gasteiger partial charge in [0.25, 0.3) is 0 Å². The van der Waals surface area contributed by atoms with Gasteiger partial charge in [-0.3, -0.25) is 0 Å². The quantitative estimate of drug-likeness (QED) is 0.698. The highest BCUT2D eigenvalue weighted by Gasteiger charge is 2.21. The number of hydrogen-bond acceptors (Lipinski definition) is 1. The van der Waals surface area contributed by atoms with Crippen molar-refractivity contribution in [3.8, 4) is 0 Å². The zero-order valence-corrected chi connectivity index (χ0v) is 10.3. The highest BCUT2D eigenvalue weighted by Crippen LogP contribution is 2.26. The standard InChI is InChI=1S/C14H27N/c1-12-8-9-14(10-12)15-11-13-6-4-2-3-5-7-13/h12-15H,2-11H2,1H3. The van der Waals surface area contributed by atoms with E-state index in [1.807, 2.05) is 0 Å². The highest BCUT2D eigenvalue weighted by atomic mass is 14.9. The van der Waals surface area contributed by atoms with E-state index in [1.54, 1.807) is 0 Å². The first kappa shape index (κ1) is 11.4. The Morgan fingerprint density at radius 2 is 1.67 bits per heavy atom. The van der Waals surface area contributed by atoms with Crippen molar-refractivity contribution in [3.63, 3.8) is 0 Å². The number of hydrogen-bond donors (Lipinski definition) is 1. The van der Waals surface area contributed by atoms with E-state index in [9.17, 15) is 0 Å². The zero-order valence-electron chi connectivity index (χ0n) is 10.3. The van der Waals surface area contributed by atoms with Crippen molar-refractivity contribution in [3.05, 3.63) is 0 Å². The molecule has 1 heteroatoms. The van der Waals surface area contributed by atoms with E-state index in [0.29, 0.717) is 0 Å². The molecule has 0 amide bonds. The van der Waals surface area contributed by atoms with Crippen LogP contribution < -0.4 is 5.32 Å².